The third-order valence-corrected chi connectivity index (χ3v) is 3.92. The summed E-state index contributed by atoms with van der Waals surface area (Å²) in [5.41, 5.74) is -1.03. The van der Waals surface area contributed by atoms with Crippen LogP contribution in [0, 0.1) is 0 Å². The predicted molar refractivity (Wildman–Crippen MR) is 62.8 cm³/mol. The van der Waals surface area contributed by atoms with Crippen molar-refractivity contribution in [3.63, 3.8) is 0 Å². The quantitative estimate of drug-likeness (QED) is 0.639. The first kappa shape index (κ1) is 14.6. The van der Waals surface area contributed by atoms with E-state index < -0.39 is 31.7 Å². The standard InChI is InChI=1S/C11H9F3N2O3P/c12-11(13,14)8-3-1-7(2-4-8)10(18)16-9(17)5-6-15-20(16)19/h1-4H,5-6H2,(H,15,19)/q+1. The van der Waals surface area contributed by atoms with E-state index in [9.17, 15) is 27.3 Å². The molecule has 9 heteroatoms. The molecule has 1 fully saturated rings. The van der Waals surface area contributed by atoms with Gasteiger partial charge in [-0.3, -0.25) is 9.59 Å². The number of hydrogen-bond donors (Lipinski definition) is 1. The van der Waals surface area contributed by atoms with Crippen LogP contribution in [0.3, 0.4) is 0 Å². The molecule has 0 saturated carbocycles. The van der Waals surface area contributed by atoms with Gasteiger partial charge in [0.05, 0.1) is 12.1 Å². The predicted octanol–water partition coefficient (Wildman–Crippen LogP) is 2.32. The first-order valence-corrected chi connectivity index (χ1v) is 6.77. The van der Waals surface area contributed by atoms with E-state index in [4.69, 9.17) is 0 Å². The molecule has 1 heterocycles. The van der Waals surface area contributed by atoms with E-state index in [1.807, 2.05) is 0 Å². The Labute approximate surface area is 112 Å². The van der Waals surface area contributed by atoms with Gasteiger partial charge in [0.2, 0.25) is 0 Å². The Hall–Kier alpha value is -1.79. The molecule has 2 rings (SSSR count). The second kappa shape index (κ2) is 5.30. The number of rotatable bonds is 1. The normalized spacial score (nSPS) is 18.2. The van der Waals surface area contributed by atoms with Crippen LogP contribution in [-0.2, 0) is 15.5 Å². The third kappa shape index (κ3) is 2.86. The van der Waals surface area contributed by atoms with Crippen LogP contribution in [0.2, 0.25) is 0 Å². The SMILES string of the molecule is O=C1CCN[P+](=O)N1C(=O)c1ccc(C(F)(F)F)cc1. The average molecular weight is 305 g/mol. The van der Waals surface area contributed by atoms with Crippen molar-refractivity contribution in [2.24, 2.45) is 0 Å². The van der Waals surface area contributed by atoms with Gasteiger partial charge < -0.3 is 0 Å². The van der Waals surface area contributed by atoms with E-state index in [2.05, 4.69) is 5.09 Å². The van der Waals surface area contributed by atoms with Crippen LogP contribution in [-0.4, -0.2) is 23.0 Å². The Morgan fingerprint density at radius 3 is 2.35 bits per heavy atom. The highest BCUT2D eigenvalue weighted by molar-refractivity contribution is 7.41. The van der Waals surface area contributed by atoms with E-state index in [0.717, 1.165) is 24.3 Å². The molecule has 0 bridgehead atoms. The molecular formula is C11H9F3N2O3P+. The number of amides is 2. The minimum Gasteiger partial charge on any atom is -0.270 e. The van der Waals surface area contributed by atoms with Crippen LogP contribution in [0.1, 0.15) is 22.3 Å². The summed E-state index contributed by atoms with van der Waals surface area (Å²) in [6.07, 6.45) is -4.50. The molecule has 1 unspecified atom stereocenters. The molecule has 1 N–H and O–H groups in total. The molecule has 1 aromatic carbocycles. The van der Waals surface area contributed by atoms with Crippen LogP contribution in [0.5, 0.6) is 0 Å². The van der Waals surface area contributed by atoms with Gasteiger partial charge in [0.1, 0.15) is 0 Å². The highest BCUT2D eigenvalue weighted by Gasteiger charge is 2.43. The molecule has 1 saturated heterocycles. The number of benzene rings is 1. The molecule has 0 spiro atoms. The summed E-state index contributed by atoms with van der Waals surface area (Å²) in [7, 11) is -2.38. The number of halogens is 3. The van der Waals surface area contributed by atoms with Crippen LogP contribution in [0.15, 0.2) is 24.3 Å². The summed E-state index contributed by atoms with van der Waals surface area (Å²) >= 11 is 0. The van der Waals surface area contributed by atoms with Crippen LogP contribution in [0.25, 0.3) is 0 Å². The molecule has 0 aliphatic carbocycles. The smallest absolute Gasteiger partial charge is 0.270 e. The van der Waals surface area contributed by atoms with Gasteiger partial charge >= 0.3 is 20.2 Å². The largest absolute Gasteiger partial charge is 0.574 e. The van der Waals surface area contributed by atoms with Crippen molar-refractivity contribution in [1.29, 1.82) is 0 Å². The Kier molecular flexibility index (Phi) is 3.87. The van der Waals surface area contributed by atoms with Gasteiger partial charge in [0.25, 0.3) is 5.91 Å². The zero-order valence-electron chi connectivity index (χ0n) is 9.98. The fourth-order valence-corrected chi connectivity index (χ4v) is 2.68. The molecule has 106 valence electrons. The lowest BCUT2D eigenvalue weighted by Gasteiger charge is -2.14. The van der Waals surface area contributed by atoms with Crippen molar-refractivity contribution in [3.8, 4) is 0 Å². The van der Waals surface area contributed by atoms with Gasteiger partial charge in [-0.05, 0) is 33.5 Å². The molecule has 0 radical (unpaired) electrons. The topological polar surface area (TPSA) is 66.5 Å². The monoisotopic (exact) mass is 305 g/mol. The summed E-state index contributed by atoms with van der Waals surface area (Å²) < 4.78 is 49.3. The first-order valence-electron chi connectivity index (χ1n) is 5.56. The molecule has 1 atom stereocenters. The van der Waals surface area contributed by atoms with Crippen molar-refractivity contribution in [2.45, 2.75) is 12.6 Å². The Morgan fingerprint density at radius 1 is 1.25 bits per heavy atom. The zero-order valence-corrected chi connectivity index (χ0v) is 10.9. The van der Waals surface area contributed by atoms with Gasteiger partial charge in [-0.15, -0.1) is 0 Å². The molecule has 0 aromatic heterocycles. The van der Waals surface area contributed by atoms with Gasteiger partial charge in [-0.1, -0.05) is 5.09 Å². The maximum absolute atomic E-state index is 12.4. The number of nitrogens with zero attached hydrogens (tertiary/aromatic N) is 1. The maximum atomic E-state index is 12.4. The van der Waals surface area contributed by atoms with Crippen molar-refractivity contribution >= 4 is 19.9 Å². The summed E-state index contributed by atoms with van der Waals surface area (Å²) in [6.45, 7) is 0.199. The molecule has 1 aromatic rings. The summed E-state index contributed by atoms with van der Waals surface area (Å²) in [4.78, 5) is 23.5. The van der Waals surface area contributed by atoms with Gasteiger partial charge in [-0.2, -0.15) is 13.2 Å². The number of alkyl halides is 3. The number of hydrogen-bond acceptors (Lipinski definition) is 3. The highest BCUT2D eigenvalue weighted by Crippen LogP contribution is 2.31. The van der Waals surface area contributed by atoms with Crippen LogP contribution >= 0.6 is 8.10 Å². The fourth-order valence-electron chi connectivity index (χ4n) is 1.66. The molecule has 1 aliphatic rings. The van der Waals surface area contributed by atoms with Gasteiger partial charge in [0, 0.05) is 12.0 Å². The second-order valence-corrected chi connectivity index (χ2v) is 5.28. The minimum atomic E-state index is -4.50. The van der Waals surface area contributed by atoms with Crippen molar-refractivity contribution in [1.82, 2.24) is 9.76 Å². The molecular weight excluding hydrogens is 296 g/mol. The zero-order chi connectivity index (χ0) is 14.9. The Morgan fingerprint density at radius 2 is 1.85 bits per heavy atom. The summed E-state index contributed by atoms with van der Waals surface area (Å²) in [6, 6.07) is 3.39. The fraction of sp³-hybridized carbons (Fsp3) is 0.273. The molecule has 5 nitrogen and oxygen atoms in total. The Balaban J connectivity index is 2.25. The second-order valence-electron chi connectivity index (χ2n) is 4.02. The van der Waals surface area contributed by atoms with Crippen LogP contribution in [0.4, 0.5) is 13.2 Å². The molecule has 2 amide bonds. The van der Waals surface area contributed by atoms with E-state index >= 15 is 0 Å². The Bertz CT molecular complexity index is 555. The first-order chi connectivity index (χ1) is 9.30. The van der Waals surface area contributed by atoms with E-state index in [0.29, 0.717) is 4.67 Å². The third-order valence-electron chi connectivity index (χ3n) is 2.66. The van der Waals surface area contributed by atoms with E-state index in [1.165, 1.54) is 0 Å². The lowest BCUT2D eigenvalue weighted by atomic mass is 10.1. The average Bonchev–Trinajstić information content (AvgIpc) is 2.37. The summed E-state index contributed by atoms with van der Waals surface area (Å²) in [5.74, 6) is -1.49. The van der Waals surface area contributed by atoms with E-state index in [1.54, 1.807) is 0 Å². The van der Waals surface area contributed by atoms with Crippen molar-refractivity contribution < 1.29 is 27.3 Å². The van der Waals surface area contributed by atoms with Crippen molar-refractivity contribution in [3.05, 3.63) is 35.4 Å². The van der Waals surface area contributed by atoms with E-state index in [-0.39, 0.29) is 18.5 Å². The maximum Gasteiger partial charge on any atom is 0.574 e. The number of nitrogens with one attached hydrogen (secondary N) is 1. The number of imide groups is 1. The highest BCUT2D eigenvalue weighted by atomic mass is 31.1. The van der Waals surface area contributed by atoms with Gasteiger partial charge in [0.15, 0.2) is 0 Å². The van der Waals surface area contributed by atoms with Gasteiger partial charge in [-0.25, -0.2) is 0 Å². The lowest BCUT2D eigenvalue weighted by molar-refractivity contribution is -0.137. The van der Waals surface area contributed by atoms with Crippen LogP contribution < -0.4 is 5.09 Å². The summed E-state index contributed by atoms with van der Waals surface area (Å²) in [5, 5.41) is 2.46. The number of carbonyl (C=O) groups is 2. The number of carbonyl (C=O) groups excluding carboxylic acids is 2. The van der Waals surface area contributed by atoms with Crippen molar-refractivity contribution in [2.75, 3.05) is 6.54 Å². The molecule has 1 aliphatic heterocycles. The minimum absolute atomic E-state index is 0.00739. The molecule has 20 heavy (non-hydrogen) atoms. The lowest BCUT2D eigenvalue weighted by Crippen LogP contribution is -2.39.